The molecule has 1 fully saturated rings. The molecule has 2 N–H and O–H groups in total. The van der Waals surface area contributed by atoms with Crippen LogP contribution in [-0.4, -0.2) is 32.0 Å². The predicted molar refractivity (Wildman–Crippen MR) is 152 cm³/mol. The van der Waals surface area contributed by atoms with Crippen molar-refractivity contribution in [2.45, 2.75) is 32.4 Å². The number of amides is 1. The van der Waals surface area contributed by atoms with Crippen LogP contribution >= 0.6 is 23.8 Å². The number of hydrogen-bond donors (Lipinski definition) is 2. The number of anilines is 1. The molecule has 37 heavy (non-hydrogen) atoms. The van der Waals surface area contributed by atoms with Gasteiger partial charge in [-0.2, -0.15) is 0 Å². The fraction of sp³-hybridized carbons (Fsp3) is 0.207. The lowest BCUT2D eigenvalue weighted by atomic mass is 9.96. The highest BCUT2D eigenvalue weighted by molar-refractivity contribution is 7.80. The van der Waals surface area contributed by atoms with Crippen molar-refractivity contribution < 1.29 is 4.79 Å². The van der Waals surface area contributed by atoms with Gasteiger partial charge in [0.05, 0.1) is 17.8 Å². The third kappa shape index (κ3) is 5.24. The maximum Gasteiger partial charge on any atom is 0.226 e. The number of thiocarbonyl (C=S) groups is 1. The second-order valence-corrected chi connectivity index (χ2v) is 9.95. The van der Waals surface area contributed by atoms with E-state index in [0.717, 1.165) is 34.0 Å². The van der Waals surface area contributed by atoms with Crippen molar-refractivity contribution in [1.82, 2.24) is 19.8 Å². The lowest BCUT2D eigenvalue weighted by Gasteiger charge is -2.28. The van der Waals surface area contributed by atoms with Gasteiger partial charge in [-0.15, -0.1) is 0 Å². The molecule has 2 atom stereocenters. The molecule has 5 rings (SSSR count). The average molecular weight is 530 g/mol. The van der Waals surface area contributed by atoms with Gasteiger partial charge in [-0.05, 0) is 86.2 Å². The highest BCUT2D eigenvalue weighted by atomic mass is 35.5. The van der Waals surface area contributed by atoms with Crippen LogP contribution in [0.4, 0.5) is 5.69 Å². The summed E-state index contributed by atoms with van der Waals surface area (Å²) >= 11 is 11.9. The van der Waals surface area contributed by atoms with Crippen LogP contribution in [0.1, 0.15) is 41.1 Å². The lowest BCUT2D eigenvalue weighted by Crippen LogP contribution is -2.32. The molecule has 188 valence electrons. The summed E-state index contributed by atoms with van der Waals surface area (Å²) in [6, 6.07) is 25.2. The van der Waals surface area contributed by atoms with Crippen molar-refractivity contribution in [1.29, 1.82) is 0 Å². The van der Waals surface area contributed by atoms with E-state index >= 15 is 0 Å². The van der Waals surface area contributed by atoms with Gasteiger partial charge >= 0.3 is 0 Å². The normalized spacial score (nSPS) is 17.1. The molecule has 1 amide bonds. The molecule has 0 radical (unpaired) electrons. The highest BCUT2D eigenvalue weighted by Gasteiger charge is 2.41. The summed E-state index contributed by atoms with van der Waals surface area (Å²) in [5.74, 6) is -0.0549. The first-order valence-corrected chi connectivity index (χ1v) is 13.0. The number of benzene rings is 2. The van der Waals surface area contributed by atoms with Gasteiger partial charge in [0.2, 0.25) is 5.91 Å². The van der Waals surface area contributed by atoms with Crippen molar-refractivity contribution >= 4 is 40.5 Å². The molecule has 2 aromatic carbocycles. The predicted octanol–water partition coefficient (Wildman–Crippen LogP) is 6.14. The monoisotopic (exact) mass is 529 g/mol. The Labute approximate surface area is 227 Å². The molecule has 0 saturated carbocycles. The largest absolute Gasteiger partial charge is 0.352 e. The fourth-order valence-electron chi connectivity index (χ4n) is 5.03. The molecular formula is C29H28ClN5OS. The number of halogens is 1. The maximum absolute atomic E-state index is 12.8. The van der Waals surface area contributed by atoms with E-state index in [9.17, 15) is 4.79 Å². The molecule has 0 spiro atoms. The molecule has 8 heteroatoms. The minimum Gasteiger partial charge on any atom is -0.352 e. The van der Waals surface area contributed by atoms with Gasteiger partial charge < -0.3 is 20.1 Å². The van der Waals surface area contributed by atoms with Crippen LogP contribution in [0.5, 0.6) is 0 Å². The Hall–Kier alpha value is -3.68. The quantitative estimate of drug-likeness (QED) is 0.281. The zero-order valence-electron chi connectivity index (χ0n) is 20.7. The summed E-state index contributed by atoms with van der Waals surface area (Å²) in [5.41, 5.74) is 6.08. The van der Waals surface area contributed by atoms with Gasteiger partial charge in [0.15, 0.2) is 5.11 Å². The summed E-state index contributed by atoms with van der Waals surface area (Å²) in [5, 5.41) is 7.77. The summed E-state index contributed by atoms with van der Waals surface area (Å²) in [6.07, 6.45) is 2.10. The van der Waals surface area contributed by atoms with Gasteiger partial charge in [-0.1, -0.05) is 35.9 Å². The first-order chi connectivity index (χ1) is 17.9. The molecule has 1 saturated heterocycles. The van der Waals surface area contributed by atoms with E-state index in [1.165, 1.54) is 0 Å². The van der Waals surface area contributed by atoms with Crippen LogP contribution < -0.4 is 10.6 Å². The van der Waals surface area contributed by atoms with Crippen LogP contribution in [0.25, 0.3) is 5.69 Å². The standard InChI is InChI=1S/C29H28ClN5OS/c1-19-18-24(20(2)35(19)23-13-11-21(30)12-14-23)28-27(25-10-6-7-16-31-25)33-29(37)34(28)17-15-26(36)32-22-8-4-3-5-9-22/h3-14,16,18,27-28H,15,17H2,1-2H3,(H,32,36)(H,33,37)/t27-,28-/m0/s1. The molecule has 6 nitrogen and oxygen atoms in total. The van der Waals surface area contributed by atoms with E-state index in [-0.39, 0.29) is 18.0 Å². The van der Waals surface area contributed by atoms with E-state index in [0.29, 0.717) is 23.1 Å². The summed E-state index contributed by atoms with van der Waals surface area (Å²) in [6.45, 7) is 4.69. The molecule has 4 aromatic rings. The van der Waals surface area contributed by atoms with Gasteiger partial charge in [0.25, 0.3) is 0 Å². The van der Waals surface area contributed by atoms with Crippen molar-refractivity contribution in [3.63, 3.8) is 0 Å². The number of aromatic nitrogens is 2. The number of aryl methyl sites for hydroxylation is 1. The first-order valence-electron chi connectivity index (χ1n) is 12.2. The molecule has 0 aliphatic carbocycles. The van der Waals surface area contributed by atoms with Crippen LogP contribution in [0.3, 0.4) is 0 Å². The molecular weight excluding hydrogens is 502 g/mol. The molecule has 1 aliphatic heterocycles. The number of para-hydroxylation sites is 1. The van der Waals surface area contributed by atoms with E-state index in [2.05, 4.69) is 45.0 Å². The molecule has 1 aliphatic rings. The number of carbonyl (C=O) groups excluding carboxylic acids is 1. The summed E-state index contributed by atoms with van der Waals surface area (Å²) in [7, 11) is 0. The van der Waals surface area contributed by atoms with Gasteiger partial charge in [0, 0.05) is 46.9 Å². The first kappa shape index (κ1) is 25.0. The van der Waals surface area contributed by atoms with Crippen LogP contribution in [-0.2, 0) is 4.79 Å². The molecule has 0 unspecified atom stereocenters. The fourth-order valence-corrected chi connectivity index (χ4v) is 5.48. The Balaban J connectivity index is 1.47. The van der Waals surface area contributed by atoms with Crippen molar-refractivity contribution in [2.75, 3.05) is 11.9 Å². The number of nitrogens with zero attached hydrogens (tertiary/aromatic N) is 3. The van der Waals surface area contributed by atoms with E-state index in [1.54, 1.807) is 6.20 Å². The Morgan fingerprint density at radius 1 is 1.05 bits per heavy atom. The molecule has 0 bridgehead atoms. The average Bonchev–Trinajstić information content (AvgIpc) is 3.39. The zero-order valence-corrected chi connectivity index (χ0v) is 22.3. The Kier molecular flexibility index (Phi) is 7.26. The van der Waals surface area contributed by atoms with Crippen LogP contribution in [0.15, 0.2) is 85.1 Å². The number of rotatable bonds is 7. The number of nitrogens with one attached hydrogen (secondary N) is 2. The zero-order chi connectivity index (χ0) is 25.9. The highest BCUT2D eigenvalue weighted by Crippen LogP contribution is 2.41. The third-order valence-electron chi connectivity index (χ3n) is 6.71. The van der Waals surface area contributed by atoms with Crippen molar-refractivity contribution in [3.8, 4) is 5.69 Å². The SMILES string of the molecule is Cc1cc([C@H]2[C@H](c3ccccn3)NC(=S)N2CCC(=O)Nc2ccccc2)c(C)n1-c1ccc(Cl)cc1. The van der Waals surface area contributed by atoms with Gasteiger partial charge in [-0.3, -0.25) is 9.78 Å². The topological polar surface area (TPSA) is 62.2 Å². The third-order valence-corrected chi connectivity index (χ3v) is 7.31. The van der Waals surface area contributed by atoms with Gasteiger partial charge in [0.1, 0.15) is 0 Å². The number of pyridine rings is 1. The van der Waals surface area contributed by atoms with Crippen LogP contribution in [0.2, 0.25) is 5.02 Å². The smallest absolute Gasteiger partial charge is 0.226 e. The number of hydrogen-bond acceptors (Lipinski definition) is 3. The van der Waals surface area contributed by atoms with Crippen molar-refractivity contribution in [2.24, 2.45) is 0 Å². The minimum atomic E-state index is -0.148. The lowest BCUT2D eigenvalue weighted by molar-refractivity contribution is -0.116. The van der Waals surface area contributed by atoms with Crippen LogP contribution in [0, 0.1) is 13.8 Å². The summed E-state index contributed by atoms with van der Waals surface area (Å²) < 4.78 is 2.23. The van der Waals surface area contributed by atoms with Crippen molar-refractivity contribution in [3.05, 3.63) is 113 Å². The molecule has 2 aromatic heterocycles. The Morgan fingerprint density at radius 2 is 1.78 bits per heavy atom. The van der Waals surface area contributed by atoms with E-state index in [1.807, 2.05) is 72.8 Å². The second kappa shape index (κ2) is 10.7. The van der Waals surface area contributed by atoms with Gasteiger partial charge in [-0.25, -0.2) is 0 Å². The number of carbonyl (C=O) groups is 1. The maximum atomic E-state index is 12.8. The van der Waals surface area contributed by atoms with E-state index in [4.69, 9.17) is 23.8 Å². The Bertz CT molecular complexity index is 1410. The second-order valence-electron chi connectivity index (χ2n) is 9.12. The summed E-state index contributed by atoms with van der Waals surface area (Å²) in [4.78, 5) is 19.5. The Morgan fingerprint density at radius 3 is 2.49 bits per heavy atom. The minimum absolute atomic E-state index is 0.0549. The molecule has 3 heterocycles. The van der Waals surface area contributed by atoms with E-state index < -0.39 is 0 Å².